The number of para-hydroxylation sites is 1. The number of benzene rings is 3. The van der Waals surface area contributed by atoms with E-state index in [2.05, 4.69) is 19.2 Å². The van der Waals surface area contributed by atoms with E-state index in [1.54, 1.807) is 48.5 Å². The zero-order valence-electron chi connectivity index (χ0n) is 18.8. The van der Waals surface area contributed by atoms with Crippen LogP contribution in [0.4, 0.5) is 11.4 Å². The highest BCUT2D eigenvalue weighted by atomic mass is 35.5. The minimum absolute atomic E-state index is 0.213. The molecule has 0 aliphatic carbocycles. The summed E-state index contributed by atoms with van der Waals surface area (Å²) in [4.78, 5) is 28.2. The van der Waals surface area contributed by atoms with E-state index in [-0.39, 0.29) is 11.6 Å². The Balaban J connectivity index is 1.76. The Morgan fingerprint density at radius 1 is 0.939 bits per heavy atom. The summed E-state index contributed by atoms with van der Waals surface area (Å²) in [6, 6.07) is 21.5. The van der Waals surface area contributed by atoms with Crippen LogP contribution in [0.3, 0.4) is 0 Å². The zero-order valence-corrected chi connectivity index (χ0v) is 19.5. The second-order valence-corrected chi connectivity index (χ2v) is 8.78. The molecule has 0 saturated heterocycles. The number of anilines is 2. The number of amides is 2. The van der Waals surface area contributed by atoms with E-state index in [9.17, 15) is 9.59 Å². The zero-order chi connectivity index (χ0) is 23.5. The lowest BCUT2D eigenvalue weighted by molar-refractivity contribution is -0.120. The predicted octanol–water partition coefficient (Wildman–Crippen LogP) is 6.08. The predicted molar refractivity (Wildman–Crippen MR) is 132 cm³/mol. The molecular weight excluding hydrogens is 436 g/mol. The fourth-order valence-corrected chi connectivity index (χ4v) is 3.74. The molecule has 6 heteroatoms. The maximum atomic E-state index is 13.5. The average Bonchev–Trinajstić information content (AvgIpc) is 3.05. The van der Waals surface area contributed by atoms with Gasteiger partial charge in [0.2, 0.25) is 0 Å². The Morgan fingerprint density at radius 3 is 2.30 bits per heavy atom. The average molecular weight is 461 g/mol. The number of hydrogen-bond donors (Lipinski definition) is 1. The van der Waals surface area contributed by atoms with Gasteiger partial charge in [0.25, 0.3) is 11.8 Å². The molecule has 5 nitrogen and oxygen atoms in total. The van der Waals surface area contributed by atoms with Gasteiger partial charge in [-0.1, -0.05) is 61.8 Å². The molecule has 3 aromatic rings. The van der Waals surface area contributed by atoms with Crippen molar-refractivity contribution in [3.8, 4) is 5.75 Å². The van der Waals surface area contributed by atoms with Crippen LogP contribution in [-0.2, 0) is 9.59 Å². The summed E-state index contributed by atoms with van der Waals surface area (Å²) in [5, 5.41) is 3.72. The number of nitrogens with zero attached hydrogens (tertiary/aromatic N) is 1. The second-order valence-electron chi connectivity index (χ2n) is 8.34. The van der Waals surface area contributed by atoms with Crippen molar-refractivity contribution in [2.75, 3.05) is 16.8 Å². The van der Waals surface area contributed by atoms with Gasteiger partial charge in [0.15, 0.2) is 0 Å². The number of aryl methyl sites for hydroxylation is 1. The molecule has 33 heavy (non-hydrogen) atoms. The van der Waals surface area contributed by atoms with E-state index in [1.807, 2.05) is 31.2 Å². The molecule has 0 bridgehead atoms. The van der Waals surface area contributed by atoms with Crippen molar-refractivity contribution in [3.63, 3.8) is 0 Å². The normalized spacial score (nSPS) is 13.8. The van der Waals surface area contributed by atoms with Crippen LogP contribution < -0.4 is 15.0 Å². The molecule has 0 aromatic heterocycles. The maximum absolute atomic E-state index is 13.5. The van der Waals surface area contributed by atoms with Crippen molar-refractivity contribution in [1.82, 2.24) is 0 Å². The topological polar surface area (TPSA) is 58.6 Å². The van der Waals surface area contributed by atoms with Gasteiger partial charge < -0.3 is 10.1 Å². The molecule has 3 aromatic carbocycles. The Bertz CT molecular complexity index is 1220. The number of carbonyl (C=O) groups excluding carboxylic acids is 2. The number of imide groups is 1. The number of hydrogen-bond acceptors (Lipinski definition) is 4. The molecule has 0 spiro atoms. The van der Waals surface area contributed by atoms with Crippen LogP contribution in [0.5, 0.6) is 5.75 Å². The summed E-state index contributed by atoms with van der Waals surface area (Å²) in [7, 11) is 0. The van der Waals surface area contributed by atoms with Crippen LogP contribution in [0.25, 0.3) is 5.57 Å². The van der Waals surface area contributed by atoms with Gasteiger partial charge in [0, 0.05) is 10.7 Å². The van der Waals surface area contributed by atoms with E-state index in [1.165, 1.54) is 4.90 Å². The van der Waals surface area contributed by atoms with Gasteiger partial charge in [-0.25, -0.2) is 4.90 Å². The van der Waals surface area contributed by atoms with Crippen molar-refractivity contribution < 1.29 is 14.3 Å². The third kappa shape index (κ3) is 4.78. The quantitative estimate of drug-likeness (QED) is 0.434. The van der Waals surface area contributed by atoms with Gasteiger partial charge in [-0.05, 0) is 60.4 Å². The molecule has 1 heterocycles. The molecule has 1 aliphatic rings. The van der Waals surface area contributed by atoms with Crippen molar-refractivity contribution in [2.45, 2.75) is 20.8 Å². The summed E-state index contributed by atoms with van der Waals surface area (Å²) in [5.41, 5.74) is 3.24. The molecule has 1 N–H and O–H groups in total. The van der Waals surface area contributed by atoms with Crippen LogP contribution in [-0.4, -0.2) is 18.4 Å². The third-order valence-corrected chi connectivity index (χ3v) is 5.52. The van der Waals surface area contributed by atoms with Crippen molar-refractivity contribution in [1.29, 1.82) is 0 Å². The number of ether oxygens (including phenoxy) is 1. The lowest BCUT2D eigenvalue weighted by Crippen LogP contribution is -2.32. The minimum atomic E-state index is -0.416. The largest absolute Gasteiger partial charge is 0.493 e. The van der Waals surface area contributed by atoms with Crippen LogP contribution in [0.1, 0.15) is 25.0 Å². The highest BCUT2D eigenvalue weighted by Crippen LogP contribution is 2.35. The van der Waals surface area contributed by atoms with Gasteiger partial charge in [-0.2, -0.15) is 0 Å². The highest BCUT2D eigenvalue weighted by molar-refractivity contribution is 6.46. The summed E-state index contributed by atoms with van der Waals surface area (Å²) in [5.74, 6) is 0.312. The van der Waals surface area contributed by atoms with Gasteiger partial charge in [0.05, 0.1) is 17.9 Å². The molecule has 0 fully saturated rings. The summed E-state index contributed by atoms with van der Waals surface area (Å²) in [6.07, 6.45) is 0. The standard InChI is InChI=1S/C27H25ClN2O3/c1-17(2)16-33-22-13-10-19(11-14-22)24-25(29-23-15-20(28)12-9-18(23)3)27(32)30(26(24)31)21-7-5-4-6-8-21/h4-15,17,29H,16H2,1-3H3. The van der Waals surface area contributed by atoms with Crippen molar-refractivity contribution in [3.05, 3.63) is 94.6 Å². The van der Waals surface area contributed by atoms with E-state index in [4.69, 9.17) is 16.3 Å². The smallest absolute Gasteiger partial charge is 0.282 e. The summed E-state index contributed by atoms with van der Waals surface area (Å²) < 4.78 is 5.77. The molecule has 4 rings (SSSR count). The van der Waals surface area contributed by atoms with E-state index < -0.39 is 5.91 Å². The number of halogens is 1. The van der Waals surface area contributed by atoms with Gasteiger partial charge in [-0.3, -0.25) is 9.59 Å². The molecule has 0 radical (unpaired) electrons. The minimum Gasteiger partial charge on any atom is -0.493 e. The second kappa shape index (κ2) is 9.51. The Hall–Kier alpha value is -3.57. The first kappa shape index (κ1) is 22.6. The lowest BCUT2D eigenvalue weighted by Gasteiger charge is -2.15. The lowest BCUT2D eigenvalue weighted by atomic mass is 10.0. The SMILES string of the molecule is Cc1ccc(Cl)cc1NC1=C(c2ccc(OCC(C)C)cc2)C(=O)N(c2ccccc2)C1=O. The van der Waals surface area contributed by atoms with Crippen LogP contribution in [0.15, 0.2) is 78.5 Å². The number of carbonyl (C=O) groups is 2. The molecule has 168 valence electrons. The number of nitrogens with one attached hydrogen (secondary N) is 1. The van der Waals surface area contributed by atoms with Crippen LogP contribution in [0.2, 0.25) is 5.02 Å². The first-order chi connectivity index (χ1) is 15.8. The monoisotopic (exact) mass is 460 g/mol. The van der Waals surface area contributed by atoms with Crippen molar-refractivity contribution in [2.24, 2.45) is 5.92 Å². The molecule has 1 aliphatic heterocycles. The molecule has 0 unspecified atom stereocenters. The van der Waals surface area contributed by atoms with Crippen LogP contribution >= 0.6 is 11.6 Å². The molecule has 0 saturated carbocycles. The van der Waals surface area contributed by atoms with E-state index in [0.29, 0.717) is 45.8 Å². The number of rotatable bonds is 7. The maximum Gasteiger partial charge on any atom is 0.282 e. The molecule has 2 amide bonds. The van der Waals surface area contributed by atoms with E-state index >= 15 is 0 Å². The first-order valence-corrected chi connectivity index (χ1v) is 11.2. The third-order valence-electron chi connectivity index (χ3n) is 5.28. The first-order valence-electron chi connectivity index (χ1n) is 10.8. The van der Waals surface area contributed by atoms with Gasteiger partial charge in [-0.15, -0.1) is 0 Å². The molecule has 0 atom stereocenters. The summed E-state index contributed by atoms with van der Waals surface area (Å²) in [6.45, 7) is 6.67. The molecular formula is C27H25ClN2O3. The van der Waals surface area contributed by atoms with E-state index in [0.717, 1.165) is 5.56 Å². The highest BCUT2D eigenvalue weighted by Gasteiger charge is 2.40. The van der Waals surface area contributed by atoms with Crippen molar-refractivity contribution >= 4 is 40.4 Å². The Morgan fingerprint density at radius 2 is 1.64 bits per heavy atom. The Labute approximate surface area is 198 Å². The Kier molecular flexibility index (Phi) is 6.52. The summed E-state index contributed by atoms with van der Waals surface area (Å²) >= 11 is 6.18. The fraction of sp³-hybridized carbons (Fsp3) is 0.185. The van der Waals surface area contributed by atoms with Gasteiger partial charge >= 0.3 is 0 Å². The fourth-order valence-electron chi connectivity index (χ4n) is 3.57. The van der Waals surface area contributed by atoms with Gasteiger partial charge in [0.1, 0.15) is 11.4 Å². The van der Waals surface area contributed by atoms with Crippen LogP contribution in [0, 0.1) is 12.8 Å².